The molecule has 1 aromatic heterocycles. The van der Waals surface area contributed by atoms with Crippen molar-refractivity contribution in [3.05, 3.63) is 175 Å². The molecule has 0 bridgehead atoms. The third kappa shape index (κ3) is 4.79. The van der Waals surface area contributed by atoms with Gasteiger partial charge in [0, 0.05) is 27.8 Å². The summed E-state index contributed by atoms with van der Waals surface area (Å²) in [6.45, 7) is 0. The second-order valence-corrected chi connectivity index (χ2v) is 11.9. The Morgan fingerprint density at radius 3 is 1.72 bits per heavy atom. The zero-order valence-corrected chi connectivity index (χ0v) is 25.6. The molecule has 0 spiro atoms. The molecule has 9 rings (SSSR count). The minimum Gasteiger partial charge on any atom is -0.359 e. The first-order valence-corrected chi connectivity index (χ1v) is 16.0. The zero-order valence-electron chi connectivity index (χ0n) is 25.6. The van der Waals surface area contributed by atoms with Gasteiger partial charge < -0.3 is 10.2 Å². The lowest BCUT2D eigenvalue weighted by atomic mass is 9.97. The maximum atomic E-state index is 5.08. The van der Waals surface area contributed by atoms with Gasteiger partial charge in [0.1, 0.15) is 6.17 Å². The SMILES string of the molecule is c1ccc(-c2cc(-c3ccccc3)nc(-c3ccc4c(ccc5ccc6c(c54)NC(c4ccccc4)N6c4ccccc4)c3)n2)cc1. The third-order valence-corrected chi connectivity index (χ3v) is 9.05. The van der Waals surface area contributed by atoms with Crippen LogP contribution >= 0.6 is 0 Å². The first-order chi connectivity index (χ1) is 23.3. The molecule has 1 aliphatic heterocycles. The van der Waals surface area contributed by atoms with E-state index in [9.17, 15) is 0 Å². The van der Waals surface area contributed by atoms with Gasteiger partial charge in [0.05, 0.1) is 22.8 Å². The van der Waals surface area contributed by atoms with Crippen molar-refractivity contribution in [2.75, 3.05) is 10.2 Å². The van der Waals surface area contributed by atoms with E-state index in [0.29, 0.717) is 5.82 Å². The molecular formula is C43H30N4. The van der Waals surface area contributed by atoms with Crippen LogP contribution in [0.25, 0.3) is 55.4 Å². The molecule has 4 nitrogen and oxygen atoms in total. The van der Waals surface area contributed by atoms with Crippen molar-refractivity contribution in [3.8, 4) is 33.9 Å². The molecule has 2 heterocycles. The molecule has 0 radical (unpaired) electrons. The van der Waals surface area contributed by atoms with Crippen LogP contribution in [0.1, 0.15) is 11.7 Å². The standard InChI is InChI=1S/C43H30N4/c1-5-13-29(14-6-1)37-28-38(30-15-7-2-8-16-30)45-42(44-37)34-23-25-36-33(27-34)22-21-31-24-26-39-41(40(31)36)46-43(32-17-9-3-10-18-32)47(39)35-19-11-4-12-20-35/h1-28,43,46H. The molecule has 222 valence electrons. The van der Waals surface area contributed by atoms with Gasteiger partial charge in [0.25, 0.3) is 0 Å². The molecule has 1 atom stereocenters. The largest absolute Gasteiger partial charge is 0.359 e. The van der Waals surface area contributed by atoms with Crippen molar-refractivity contribution >= 4 is 38.6 Å². The van der Waals surface area contributed by atoms with Crippen LogP contribution in [0.3, 0.4) is 0 Å². The molecule has 0 aliphatic carbocycles. The van der Waals surface area contributed by atoms with Crippen molar-refractivity contribution < 1.29 is 0 Å². The Balaban J connectivity index is 1.21. The monoisotopic (exact) mass is 602 g/mol. The topological polar surface area (TPSA) is 41.1 Å². The Bertz CT molecular complexity index is 2320. The molecular weight excluding hydrogens is 573 g/mol. The van der Waals surface area contributed by atoms with E-state index >= 15 is 0 Å². The highest BCUT2D eigenvalue weighted by Crippen LogP contribution is 2.50. The fourth-order valence-corrected chi connectivity index (χ4v) is 6.81. The number of hydrogen-bond donors (Lipinski definition) is 1. The summed E-state index contributed by atoms with van der Waals surface area (Å²) in [6.07, 6.45) is -0.0285. The zero-order chi connectivity index (χ0) is 31.2. The van der Waals surface area contributed by atoms with E-state index in [4.69, 9.17) is 9.97 Å². The van der Waals surface area contributed by atoms with E-state index in [1.54, 1.807) is 0 Å². The second kappa shape index (κ2) is 11.3. The van der Waals surface area contributed by atoms with Gasteiger partial charge in [-0.25, -0.2) is 9.97 Å². The molecule has 8 aromatic rings. The highest BCUT2D eigenvalue weighted by molar-refractivity contribution is 6.18. The van der Waals surface area contributed by atoms with Crippen molar-refractivity contribution in [3.63, 3.8) is 0 Å². The van der Waals surface area contributed by atoms with Crippen LogP contribution in [0.4, 0.5) is 17.1 Å². The predicted octanol–water partition coefficient (Wildman–Crippen LogP) is 11.0. The lowest BCUT2D eigenvalue weighted by Gasteiger charge is -2.27. The number of rotatable bonds is 5. The maximum Gasteiger partial charge on any atom is 0.160 e. The molecule has 47 heavy (non-hydrogen) atoms. The number of nitrogens with zero attached hydrogens (tertiary/aromatic N) is 3. The molecule has 0 fully saturated rings. The Labute approximate surface area is 273 Å². The number of nitrogens with one attached hydrogen (secondary N) is 1. The number of para-hydroxylation sites is 1. The molecule has 0 saturated carbocycles. The molecule has 1 unspecified atom stereocenters. The van der Waals surface area contributed by atoms with Crippen LogP contribution in [0.15, 0.2) is 170 Å². The van der Waals surface area contributed by atoms with Crippen LogP contribution in [0.5, 0.6) is 0 Å². The van der Waals surface area contributed by atoms with E-state index in [2.05, 4.69) is 144 Å². The maximum absolute atomic E-state index is 5.08. The van der Waals surface area contributed by atoms with Gasteiger partial charge >= 0.3 is 0 Å². The molecule has 1 N–H and O–H groups in total. The van der Waals surface area contributed by atoms with E-state index in [1.807, 2.05) is 36.4 Å². The van der Waals surface area contributed by atoms with Gasteiger partial charge in [-0.15, -0.1) is 0 Å². The number of anilines is 3. The number of benzene rings is 7. The molecule has 1 aliphatic rings. The van der Waals surface area contributed by atoms with Gasteiger partial charge in [-0.3, -0.25) is 0 Å². The first kappa shape index (κ1) is 27.1. The van der Waals surface area contributed by atoms with Crippen LogP contribution in [-0.2, 0) is 0 Å². The number of hydrogen-bond acceptors (Lipinski definition) is 4. The summed E-state index contributed by atoms with van der Waals surface area (Å²) in [7, 11) is 0. The van der Waals surface area contributed by atoms with Crippen molar-refractivity contribution in [1.82, 2.24) is 9.97 Å². The van der Waals surface area contributed by atoms with Gasteiger partial charge in [-0.2, -0.15) is 0 Å². The van der Waals surface area contributed by atoms with Gasteiger partial charge in [0.15, 0.2) is 5.82 Å². The smallest absolute Gasteiger partial charge is 0.160 e. The minimum atomic E-state index is -0.0285. The Hall–Kier alpha value is -6.26. The molecule has 7 aromatic carbocycles. The lowest BCUT2D eigenvalue weighted by molar-refractivity contribution is 0.828. The van der Waals surface area contributed by atoms with Gasteiger partial charge in [-0.05, 0) is 52.1 Å². The first-order valence-electron chi connectivity index (χ1n) is 16.0. The van der Waals surface area contributed by atoms with E-state index in [1.165, 1.54) is 27.4 Å². The number of aromatic nitrogens is 2. The normalized spacial score (nSPS) is 13.9. The summed E-state index contributed by atoms with van der Waals surface area (Å²) in [4.78, 5) is 12.6. The third-order valence-electron chi connectivity index (χ3n) is 9.05. The quantitative estimate of drug-likeness (QED) is 0.199. The fourth-order valence-electron chi connectivity index (χ4n) is 6.81. The highest BCUT2D eigenvalue weighted by Gasteiger charge is 2.32. The summed E-state index contributed by atoms with van der Waals surface area (Å²) in [5, 5.41) is 8.69. The summed E-state index contributed by atoms with van der Waals surface area (Å²) >= 11 is 0. The van der Waals surface area contributed by atoms with Gasteiger partial charge in [-0.1, -0.05) is 140 Å². The average molecular weight is 603 g/mol. The van der Waals surface area contributed by atoms with Gasteiger partial charge in [0.2, 0.25) is 0 Å². The molecule has 4 heteroatoms. The van der Waals surface area contributed by atoms with Crippen LogP contribution in [0.2, 0.25) is 0 Å². The van der Waals surface area contributed by atoms with Crippen molar-refractivity contribution in [1.29, 1.82) is 0 Å². The summed E-state index contributed by atoms with van der Waals surface area (Å²) in [5.74, 6) is 0.711. The Morgan fingerprint density at radius 1 is 0.489 bits per heavy atom. The van der Waals surface area contributed by atoms with E-state index in [-0.39, 0.29) is 6.17 Å². The average Bonchev–Trinajstić information content (AvgIpc) is 3.56. The number of fused-ring (bicyclic) bond motifs is 5. The lowest BCUT2D eigenvalue weighted by Crippen LogP contribution is -2.23. The second-order valence-electron chi connectivity index (χ2n) is 11.9. The Kier molecular flexibility index (Phi) is 6.50. The highest BCUT2D eigenvalue weighted by atomic mass is 15.3. The van der Waals surface area contributed by atoms with Crippen LogP contribution in [0, 0.1) is 0 Å². The molecule has 0 amide bonds. The van der Waals surface area contributed by atoms with E-state index in [0.717, 1.165) is 44.8 Å². The van der Waals surface area contributed by atoms with Crippen LogP contribution < -0.4 is 10.2 Å². The van der Waals surface area contributed by atoms with Crippen LogP contribution in [-0.4, -0.2) is 9.97 Å². The van der Waals surface area contributed by atoms with Crippen molar-refractivity contribution in [2.45, 2.75) is 6.17 Å². The van der Waals surface area contributed by atoms with E-state index < -0.39 is 0 Å². The van der Waals surface area contributed by atoms with Crippen molar-refractivity contribution in [2.24, 2.45) is 0 Å². The fraction of sp³-hybridized carbons (Fsp3) is 0.0233. The molecule has 0 saturated heterocycles. The minimum absolute atomic E-state index is 0.0285. The summed E-state index contributed by atoms with van der Waals surface area (Å²) in [5.41, 5.74) is 9.61. The Morgan fingerprint density at radius 2 is 1.06 bits per heavy atom. The summed E-state index contributed by atoms with van der Waals surface area (Å²) < 4.78 is 0. The predicted molar refractivity (Wildman–Crippen MR) is 195 cm³/mol. The summed E-state index contributed by atoms with van der Waals surface area (Å²) in [6, 6.07) is 59.6.